The molecule has 0 radical (unpaired) electrons. The lowest BCUT2D eigenvalue weighted by Crippen LogP contribution is -2.09. The van der Waals surface area contributed by atoms with E-state index in [1.165, 1.54) is 19.0 Å². The maximum Gasteiger partial charge on any atom is 0.311 e. The number of pyridine rings is 1. The monoisotopic (exact) mass is 221 g/mol. The molecule has 1 aliphatic rings. The summed E-state index contributed by atoms with van der Waals surface area (Å²) in [6.07, 6.45) is 7.06. The zero-order valence-corrected chi connectivity index (χ0v) is 9.09. The van der Waals surface area contributed by atoms with Gasteiger partial charge in [0.2, 0.25) is 0 Å². The molecule has 1 fully saturated rings. The summed E-state index contributed by atoms with van der Waals surface area (Å²) < 4.78 is 10.5. The highest BCUT2D eigenvalue weighted by atomic mass is 16.5. The third kappa shape index (κ3) is 3.98. The molecule has 0 aromatic carbocycles. The Morgan fingerprint density at radius 1 is 1.50 bits per heavy atom. The normalized spacial score (nSPS) is 14.8. The predicted octanol–water partition coefficient (Wildman–Crippen LogP) is 1.95. The van der Waals surface area contributed by atoms with Crippen LogP contribution >= 0.6 is 0 Å². The Bertz CT molecular complexity index is 335. The van der Waals surface area contributed by atoms with Crippen molar-refractivity contribution in [2.45, 2.75) is 31.8 Å². The van der Waals surface area contributed by atoms with Gasteiger partial charge in [0.25, 0.3) is 0 Å². The molecule has 1 saturated carbocycles. The smallest absolute Gasteiger partial charge is 0.311 e. The largest absolute Gasteiger partial charge is 0.425 e. The first-order valence-corrected chi connectivity index (χ1v) is 5.57. The minimum atomic E-state index is -0.229. The molecule has 4 nitrogen and oxygen atoms in total. The lowest BCUT2D eigenvalue weighted by atomic mass is 10.3. The molecule has 2 rings (SSSR count). The van der Waals surface area contributed by atoms with E-state index in [1.807, 2.05) is 0 Å². The summed E-state index contributed by atoms with van der Waals surface area (Å²) >= 11 is 0. The first-order chi connectivity index (χ1) is 7.84. The highest BCUT2D eigenvalue weighted by Crippen LogP contribution is 2.23. The summed E-state index contributed by atoms with van der Waals surface area (Å²) in [5, 5.41) is 0. The van der Waals surface area contributed by atoms with Gasteiger partial charge >= 0.3 is 5.97 Å². The van der Waals surface area contributed by atoms with Crippen LogP contribution in [0.25, 0.3) is 0 Å². The maximum atomic E-state index is 11.4. The quantitative estimate of drug-likeness (QED) is 0.544. The van der Waals surface area contributed by atoms with E-state index in [0.717, 1.165) is 6.42 Å². The molecule has 4 heteroatoms. The number of nitrogens with zero attached hydrogens (tertiary/aromatic N) is 1. The summed E-state index contributed by atoms with van der Waals surface area (Å²) in [6.45, 7) is 0.646. The van der Waals surface area contributed by atoms with Crippen LogP contribution in [0.4, 0.5) is 0 Å². The summed E-state index contributed by atoms with van der Waals surface area (Å²) in [5.41, 5.74) is 0. The molecule has 0 aliphatic heterocycles. The van der Waals surface area contributed by atoms with Crippen molar-refractivity contribution in [2.24, 2.45) is 0 Å². The molecule has 86 valence electrons. The molecule has 0 spiro atoms. The van der Waals surface area contributed by atoms with E-state index in [0.29, 0.717) is 24.9 Å². The maximum absolute atomic E-state index is 11.4. The van der Waals surface area contributed by atoms with Crippen LogP contribution in [0.2, 0.25) is 0 Å². The zero-order chi connectivity index (χ0) is 11.2. The average molecular weight is 221 g/mol. The van der Waals surface area contributed by atoms with E-state index in [4.69, 9.17) is 9.47 Å². The second-order valence-corrected chi connectivity index (χ2v) is 3.84. The van der Waals surface area contributed by atoms with E-state index in [2.05, 4.69) is 4.98 Å². The van der Waals surface area contributed by atoms with Gasteiger partial charge in [-0.3, -0.25) is 9.78 Å². The van der Waals surface area contributed by atoms with Gasteiger partial charge < -0.3 is 9.47 Å². The highest BCUT2D eigenvalue weighted by Gasteiger charge is 2.21. The Morgan fingerprint density at radius 3 is 3.06 bits per heavy atom. The second-order valence-electron chi connectivity index (χ2n) is 3.84. The zero-order valence-electron chi connectivity index (χ0n) is 9.09. The molecule has 0 N–H and O–H groups in total. The number of hydrogen-bond donors (Lipinski definition) is 0. The van der Waals surface area contributed by atoms with E-state index >= 15 is 0 Å². The Hall–Kier alpha value is -1.42. The van der Waals surface area contributed by atoms with Crippen LogP contribution in [-0.4, -0.2) is 23.7 Å². The molecule has 1 aliphatic carbocycles. The fourth-order valence-electron chi connectivity index (χ4n) is 1.29. The third-order valence-corrected chi connectivity index (χ3v) is 2.27. The van der Waals surface area contributed by atoms with Gasteiger partial charge in [-0.1, -0.05) is 0 Å². The van der Waals surface area contributed by atoms with Crippen LogP contribution in [-0.2, 0) is 9.53 Å². The van der Waals surface area contributed by atoms with Crippen LogP contribution in [0.5, 0.6) is 5.75 Å². The minimum Gasteiger partial charge on any atom is -0.425 e. The van der Waals surface area contributed by atoms with Crippen LogP contribution in [0.1, 0.15) is 25.7 Å². The molecule has 0 saturated heterocycles. The Balaban J connectivity index is 1.60. The van der Waals surface area contributed by atoms with Crippen LogP contribution in [0, 0.1) is 0 Å². The first kappa shape index (κ1) is 11.1. The van der Waals surface area contributed by atoms with Gasteiger partial charge in [-0.2, -0.15) is 0 Å². The van der Waals surface area contributed by atoms with Crippen LogP contribution in [0.3, 0.4) is 0 Å². The first-order valence-electron chi connectivity index (χ1n) is 5.57. The van der Waals surface area contributed by atoms with Crippen molar-refractivity contribution < 1.29 is 14.3 Å². The number of carbonyl (C=O) groups is 1. The number of rotatable bonds is 6. The average Bonchev–Trinajstić information content (AvgIpc) is 3.10. The molecular weight excluding hydrogens is 206 g/mol. The van der Waals surface area contributed by atoms with Gasteiger partial charge in [-0.05, 0) is 31.4 Å². The fourth-order valence-corrected chi connectivity index (χ4v) is 1.29. The molecule has 16 heavy (non-hydrogen) atoms. The van der Waals surface area contributed by atoms with Crippen LogP contribution in [0.15, 0.2) is 24.5 Å². The topological polar surface area (TPSA) is 48.4 Å². The second kappa shape index (κ2) is 5.61. The van der Waals surface area contributed by atoms with Crippen molar-refractivity contribution in [3.8, 4) is 5.75 Å². The van der Waals surface area contributed by atoms with Crippen molar-refractivity contribution >= 4 is 5.97 Å². The van der Waals surface area contributed by atoms with Gasteiger partial charge in [0.15, 0.2) is 0 Å². The van der Waals surface area contributed by atoms with E-state index in [-0.39, 0.29) is 5.97 Å². The summed E-state index contributed by atoms with van der Waals surface area (Å²) in [7, 11) is 0. The van der Waals surface area contributed by atoms with Crippen molar-refractivity contribution in [1.82, 2.24) is 4.98 Å². The Morgan fingerprint density at radius 2 is 2.38 bits per heavy atom. The molecule has 0 unspecified atom stereocenters. The lowest BCUT2D eigenvalue weighted by molar-refractivity contribution is -0.134. The molecular formula is C12H15NO3. The van der Waals surface area contributed by atoms with Crippen molar-refractivity contribution in [2.75, 3.05) is 6.61 Å². The number of ether oxygens (including phenoxy) is 2. The Kier molecular flexibility index (Phi) is 3.88. The van der Waals surface area contributed by atoms with E-state index in [1.54, 1.807) is 18.3 Å². The summed E-state index contributed by atoms with van der Waals surface area (Å²) in [5.74, 6) is 0.267. The number of carbonyl (C=O) groups excluding carboxylic acids is 1. The van der Waals surface area contributed by atoms with E-state index in [9.17, 15) is 4.79 Å². The predicted molar refractivity (Wildman–Crippen MR) is 58.1 cm³/mol. The molecule has 1 aromatic rings. The number of esters is 1. The molecule has 1 heterocycles. The van der Waals surface area contributed by atoms with E-state index < -0.39 is 0 Å². The summed E-state index contributed by atoms with van der Waals surface area (Å²) in [6, 6.07) is 3.45. The van der Waals surface area contributed by atoms with Crippen molar-refractivity contribution in [3.05, 3.63) is 24.5 Å². The van der Waals surface area contributed by atoms with Crippen LogP contribution < -0.4 is 4.74 Å². The number of aromatic nitrogens is 1. The lowest BCUT2D eigenvalue weighted by Gasteiger charge is -2.03. The van der Waals surface area contributed by atoms with Gasteiger partial charge in [-0.15, -0.1) is 0 Å². The van der Waals surface area contributed by atoms with Gasteiger partial charge in [0.05, 0.1) is 12.3 Å². The van der Waals surface area contributed by atoms with Gasteiger partial charge in [0.1, 0.15) is 5.75 Å². The van der Waals surface area contributed by atoms with Gasteiger partial charge in [-0.25, -0.2) is 0 Å². The van der Waals surface area contributed by atoms with Gasteiger partial charge in [0, 0.05) is 19.2 Å². The fraction of sp³-hybridized carbons (Fsp3) is 0.500. The minimum absolute atomic E-state index is 0.229. The summed E-state index contributed by atoms with van der Waals surface area (Å²) in [4.78, 5) is 15.2. The molecule has 1 aromatic heterocycles. The van der Waals surface area contributed by atoms with Crippen molar-refractivity contribution in [3.63, 3.8) is 0 Å². The third-order valence-electron chi connectivity index (χ3n) is 2.27. The molecule has 0 atom stereocenters. The molecule has 0 bridgehead atoms. The molecule has 0 amide bonds. The van der Waals surface area contributed by atoms with Crippen molar-refractivity contribution in [1.29, 1.82) is 0 Å². The number of hydrogen-bond acceptors (Lipinski definition) is 4. The highest BCUT2D eigenvalue weighted by molar-refractivity contribution is 5.72. The Labute approximate surface area is 94.6 Å². The SMILES string of the molecule is O=C(CCCOC1CC1)Oc1cccnc1. The standard InChI is InChI=1S/C12H15NO3/c14-12(4-2-8-15-10-5-6-10)16-11-3-1-7-13-9-11/h1,3,7,9-10H,2,4-6,8H2.